The van der Waals surface area contributed by atoms with Crippen LogP contribution in [0.25, 0.3) is 0 Å². The molecule has 1 saturated heterocycles. The summed E-state index contributed by atoms with van der Waals surface area (Å²) in [7, 11) is 0. The monoisotopic (exact) mass is 1550 g/mol. The van der Waals surface area contributed by atoms with Crippen LogP contribution in [0.4, 0.5) is 0 Å². The Labute approximate surface area is 671 Å². The van der Waals surface area contributed by atoms with Gasteiger partial charge in [-0.3, -0.25) is 19.2 Å². The average molecular weight is 1550 g/mol. The number of carboxylic acid groups (broad SMARTS) is 1. The first-order valence-corrected chi connectivity index (χ1v) is 43.2. The van der Waals surface area contributed by atoms with Gasteiger partial charge in [-0.2, -0.15) is 0 Å². The molecule has 2 aromatic rings. The molecule has 11 rings (SSSR count). The number of amides is 4. The van der Waals surface area contributed by atoms with Gasteiger partial charge in [0.2, 0.25) is 11.8 Å². The lowest BCUT2D eigenvalue weighted by Crippen LogP contribution is -2.39. The van der Waals surface area contributed by atoms with E-state index in [1.807, 2.05) is 45.9 Å². The summed E-state index contributed by atoms with van der Waals surface area (Å²) < 4.78 is 18.4. The Balaban J connectivity index is 0.000000192. The summed E-state index contributed by atoms with van der Waals surface area (Å²) in [5, 5.41) is 45.7. The number of nitrogens with two attached hydrogens (primary N) is 1. The molecule has 0 bridgehead atoms. The number of rotatable bonds is 30. The molecule has 13 atom stereocenters. The summed E-state index contributed by atoms with van der Waals surface area (Å²) in [6.45, 7) is 33.0. The molecule has 4 amide bonds. The largest absolute Gasteiger partial charge is 0.508 e. The highest BCUT2D eigenvalue weighted by atomic mass is 16.7. The van der Waals surface area contributed by atoms with Gasteiger partial charge in [-0.05, 0) is 270 Å². The third-order valence-electron chi connectivity index (χ3n) is 26.4. The fraction of sp³-hybridized carbons (Fsp3) is 0.681. The van der Waals surface area contributed by atoms with Crippen LogP contribution >= 0.6 is 0 Å². The number of nitrogens with zero attached hydrogens (tertiary/aromatic N) is 1. The summed E-state index contributed by atoms with van der Waals surface area (Å²) in [5.74, 6) is 3.17. The fourth-order valence-corrected chi connectivity index (χ4v) is 20.4. The Morgan fingerprint density at radius 3 is 1.67 bits per heavy atom. The van der Waals surface area contributed by atoms with Gasteiger partial charge < -0.3 is 55.8 Å². The summed E-state index contributed by atoms with van der Waals surface area (Å²) in [4.78, 5) is 71.8. The van der Waals surface area contributed by atoms with E-state index in [2.05, 4.69) is 75.8 Å². The zero-order valence-electron chi connectivity index (χ0n) is 70.1. The minimum absolute atomic E-state index is 0.00745. The van der Waals surface area contributed by atoms with Crippen molar-refractivity contribution in [3.63, 3.8) is 0 Å². The summed E-state index contributed by atoms with van der Waals surface area (Å²) in [5.41, 5.74) is 16.2. The van der Waals surface area contributed by atoms with E-state index in [0.29, 0.717) is 71.9 Å². The SMILES string of the molecule is C=C1CC[C@H](OCCCN)C/C1=C/C=C1\CCC[C@@]2(C)C1CCC2[C@H](C)CCCC(C)(C)O.C=C1CC[C@H](OCCCNC(C)=O)C/C1=C/C=C1\CCC[C@@]2(C)C1CCC2[C@H](C)CCCC(C)(C)O.CC(=O)NCCCCCC(=O)ON1C(=O)CCC1=O.O=C(O)c1ccccc1C1c2ccc(O)cc2OC2CCCCC21. The summed E-state index contributed by atoms with van der Waals surface area (Å²) in [6.07, 6.45) is 44.8. The smallest absolute Gasteiger partial charge is 0.335 e. The molecule has 18 heteroatoms. The Hall–Kier alpha value is -6.70. The fourth-order valence-electron chi connectivity index (χ4n) is 20.4. The second-order valence-corrected chi connectivity index (χ2v) is 36.1. The van der Waals surface area contributed by atoms with Gasteiger partial charge in [0, 0.05) is 82.9 Å². The molecule has 0 spiro atoms. The van der Waals surface area contributed by atoms with Crippen molar-refractivity contribution < 1.29 is 68.2 Å². The molecule has 18 nitrogen and oxygen atoms in total. The van der Waals surface area contributed by atoms with Crippen molar-refractivity contribution in [2.24, 2.45) is 58.0 Å². The maximum atomic E-state index is 11.7. The van der Waals surface area contributed by atoms with Gasteiger partial charge in [0.25, 0.3) is 11.8 Å². The molecule has 8 N–H and O–H groups in total. The molecule has 0 radical (unpaired) electrons. The molecule has 2 heterocycles. The number of aromatic hydroxyl groups is 1. The second-order valence-electron chi connectivity index (χ2n) is 36.1. The molecular formula is C94H142N4O14. The van der Waals surface area contributed by atoms with E-state index in [-0.39, 0.29) is 60.9 Å². The number of nitrogens with one attached hydrogen (secondary N) is 2. The minimum atomic E-state index is -0.898. The normalized spacial score (nSPS) is 28.3. The molecule has 8 fully saturated rings. The van der Waals surface area contributed by atoms with Crippen molar-refractivity contribution in [3.05, 3.63) is 130 Å². The number of aliphatic hydroxyl groups is 2. The maximum Gasteiger partial charge on any atom is 0.335 e. The Morgan fingerprint density at radius 2 is 1.15 bits per heavy atom. The third kappa shape index (κ3) is 26.7. The maximum absolute atomic E-state index is 11.7. The number of ether oxygens (including phenoxy) is 3. The molecule has 7 unspecified atom stereocenters. The summed E-state index contributed by atoms with van der Waals surface area (Å²) >= 11 is 0. The molecule has 0 aromatic heterocycles. The number of hydrogen-bond donors (Lipinski definition) is 7. The van der Waals surface area contributed by atoms with Crippen LogP contribution in [-0.4, -0.2) is 123 Å². The standard InChI is InChI=1S/C32H53NO3.C30H51NO2.C20H20O4.C12H18N2O5/c1-23-12-15-28(36-21-9-20-33-25(3)34)22-27(23)14-13-26-11-8-19-32(6)29(16-17-30(26)32)24(2)10-7-18-31(4,5)35;1-22-11-14-26(33-20-8-19-31)21-25(22)13-12-24-10-7-18-30(5)27(15-16-28(24)30)23(2)9-6-17-29(3,4)32;21-12-9-10-16-18(11-12)24-17-8-4-3-7-15(17)19(16)13-5-1-2-6-14(13)20(22)23;1-9(15)13-8-4-2-3-5-12(18)19-14-10(16)6-7-11(14)17/h13-14,24,28-30,35H,1,7-12,15-22H2,2-6H3,(H,33,34);12-13,23,26-28,32H,1,6-11,14-21,31H2,2-5H3;1-2,5-6,9-11,15,17,19,21H,3-4,7-8H2,(H,22,23);2-8H2,1H3,(H,13,15)/b26-13+,27-14-;24-12+,25-13-;;/t24-,28+,29?,30?,32-;23-,26+,27?,28?,30-;;/m11../s1. The van der Waals surface area contributed by atoms with E-state index in [1.54, 1.807) is 42.3 Å². The number of allylic oxidation sites excluding steroid dienone is 8. The number of fused-ring (bicyclic) bond motifs is 4. The van der Waals surface area contributed by atoms with Gasteiger partial charge in [-0.1, -0.05) is 150 Å². The lowest BCUT2D eigenvalue weighted by molar-refractivity contribution is -0.197. The number of phenols is 1. The Kier molecular flexibility index (Phi) is 35.1. The number of aromatic carboxylic acids is 1. The summed E-state index contributed by atoms with van der Waals surface area (Å²) in [6, 6.07) is 12.4. The van der Waals surface area contributed by atoms with E-state index in [4.69, 9.17) is 24.8 Å². The van der Waals surface area contributed by atoms with Crippen LogP contribution in [0.15, 0.2) is 113 Å². The zero-order valence-corrected chi connectivity index (χ0v) is 70.1. The van der Waals surface area contributed by atoms with Crippen LogP contribution in [0.1, 0.15) is 315 Å². The van der Waals surface area contributed by atoms with Crippen LogP contribution < -0.4 is 21.1 Å². The van der Waals surface area contributed by atoms with Gasteiger partial charge in [0.1, 0.15) is 17.6 Å². The number of unbranched alkanes of at least 4 members (excludes halogenated alkanes) is 2. The van der Waals surface area contributed by atoms with Crippen molar-refractivity contribution in [1.29, 1.82) is 0 Å². The number of benzene rings is 2. The topological polar surface area (TPSA) is 274 Å². The molecule has 2 aliphatic heterocycles. The molecule has 2 aromatic carbocycles. The highest BCUT2D eigenvalue weighted by Crippen LogP contribution is 2.62. The first-order valence-electron chi connectivity index (χ1n) is 43.2. The number of hydrogen-bond acceptors (Lipinski definition) is 14. The highest BCUT2D eigenvalue weighted by Gasteiger charge is 2.52. The van der Waals surface area contributed by atoms with Crippen molar-refractivity contribution in [2.45, 2.75) is 323 Å². The predicted molar refractivity (Wildman–Crippen MR) is 444 cm³/mol. The third-order valence-corrected chi connectivity index (χ3v) is 26.4. The van der Waals surface area contributed by atoms with Gasteiger partial charge in [-0.25, -0.2) is 9.59 Å². The molecule has 9 aliphatic rings. The van der Waals surface area contributed by atoms with E-state index in [0.717, 1.165) is 163 Å². The average Bonchev–Trinajstić information content (AvgIpc) is 0.960. The van der Waals surface area contributed by atoms with Gasteiger partial charge in [-0.15, -0.1) is 5.06 Å². The van der Waals surface area contributed by atoms with Crippen molar-refractivity contribution >= 4 is 35.6 Å². The lowest BCUT2D eigenvalue weighted by atomic mass is 9.60. The Morgan fingerprint density at radius 1 is 0.634 bits per heavy atom. The highest BCUT2D eigenvalue weighted by molar-refractivity contribution is 6.01. The van der Waals surface area contributed by atoms with Gasteiger partial charge >= 0.3 is 11.9 Å². The van der Waals surface area contributed by atoms with Crippen LogP contribution in [0.3, 0.4) is 0 Å². The van der Waals surface area contributed by atoms with Gasteiger partial charge in [0.05, 0.1) is 29.0 Å². The number of carbonyl (C=O) groups is 6. The molecule has 7 saturated carbocycles. The van der Waals surface area contributed by atoms with E-state index < -0.39 is 35.0 Å². The lowest BCUT2D eigenvalue weighted by Gasteiger charge is -2.44. The molecule has 622 valence electrons. The first kappa shape index (κ1) is 90.8. The van der Waals surface area contributed by atoms with Crippen molar-refractivity contribution in [1.82, 2.24) is 15.7 Å². The molecule has 7 aliphatic carbocycles. The number of imide groups is 1. The van der Waals surface area contributed by atoms with Crippen LogP contribution in [0, 0.1) is 52.3 Å². The Bertz CT molecular complexity index is 3600. The number of carboxylic acids is 1. The quantitative estimate of drug-likeness (QED) is 0.0283. The van der Waals surface area contributed by atoms with Crippen molar-refractivity contribution in [2.75, 3.05) is 32.8 Å². The van der Waals surface area contributed by atoms with Crippen LogP contribution in [0.5, 0.6) is 11.5 Å². The zero-order chi connectivity index (χ0) is 81.3. The van der Waals surface area contributed by atoms with Crippen molar-refractivity contribution in [3.8, 4) is 11.5 Å². The predicted octanol–water partition coefficient (Wildman–Crippen LogP) is 18.9. The minimum Gasteiger partial charge on any atom is -0.508 e. The van der Waals surface area contributed by atoms with E-state index in [9.17, 15) is 49.2 Å². The van der Waals surface area contributed by atoms with Gasteiger partial charge in [0.15, 0.2) is 0 Å². The second kappa shape index (κ2) is 43.3. The number of carbonyl (C=O) groups excluding carboxylic acids is 5. The molecular weight excluding hydrogens is 1410 g/mol. The number of hydroxylamine groups is 2. The number of phenolic OH excluding ortho intramolecular Hbond substituents is 1. The first-order chi connectivity index (χ1) is 53.3. The van der Waals surface area contributed by atoms with Crippen LogP contribution in [0.2, 0.25) is 0 Å². The van der Waals surface area contributed by atoms with E-state index >= 15 is 0 Å². The van der Waals surface area contributed by atoms with Crippen LogP contribution in [-0.2, 0) is 38.3 Å². The molecule has 112 heavy (non-hydrogen) atoms. The van der Waals surface area contributed by atoms with E-state index in [1.165, 1.54) is 106 Å².